The number of sulfonamides is 1. The van der Waals surface area contributed by atoms with Crippen molar-refractivity contribution in [3.63, 3.8) is 0 Å². The Balaban J connectivity index is 1.92. The highest BCUT2D eigenvalue weighted by atomic mass is 32.2. The normalized spacial score (nSPS) is 16.0. The molecule has 0 aliphatic carbocycles. The van der Waals surface area contributed by atoms with Crippen LogP contribution in [-0.4, -0.2) is 59.6 Å². The largest absolute Gasteiger partial charge is 0.354 e. The molecule has 0 unspecified atom stereocenters. The lowest BCUT2D eigenvalue weighted by atomic mass is 10.2. The number of amides is 2. The van der Waals surface area contributed by atoms with Crippen LogP contribution in [-0.2, 0) is 29.1 Å². The molecule has 0 bridgehead atoms. The van der Waals surface area contributed by atoms with Gasteiger partial charge in [0.15, 0.2) is 6.29 Å². The number of nitrogens with one attached hydrogen (secondary N) is 2. The molecule has 1 heterocycles. The molecule has 10 heteroatoms. The minimum absolute atomic E-state index is 0.0327. The van der Waals surface area contributed by atoms with Gasteiger partial charge in [-0.15, -0.1) is 0 Å². The van der Waals surface area contributed by atoms with Crippen molar-refractivity contribution in [2.75, 3.05) is 42.7 Å². The van der Waals surface area contributed by atoms with Crippen molar-refractivity contribution < 1.29 is 27.5 Å². The number of anilines is 2. The predicted octanol–water partition coefficient (Wildman–Crippen LogP) is -0.0999. The van der Waals surface area contributed by atoms with Gasteiger partial charge < -0.3 is 20.1 Å². The Bertz CT molecular complexity index is 715. The van der Waals surface area contributed by atoms with Gasteiger partial charge >= 0.3 is 11.8 Å². The maximum Gasteiger partial charge on any atom is 0.313 e. The van der Waals surface area contributed by atoms with Gasteiger partial charge in [-0.2, -0.15) is 0 Å². The van der Waals surface area contributed by atoms with E-state index in [2.05, 4.69) is 10.6 Å². The highest BCUT2D eigenvalue weighted by molar-refractivity contribution is 7.93. The Morgan fingerprint density at radius 3 is 2.32 bits per heavy atom. The Labute approximate surface area is 146 Å². The first-order valence-corrected chi connectivity index (χ1v) is 9.23. The van der Waals surface area contributed by atoms with Gasteiger partial charge in [0.25, 0.3) is 0 Å². The highest BCUT2D eigenvalue weighted by Crippen LogP contribution is 2.25. The van der Waals surface area contributed by atoms with Crippen LogP contribution in [0.4, 0.5) is 11.4 Å². The second kappa shape index (κ2) is 8.28. The van der Waals surface area contributed by atoms with Gasteiger partial charge in [0.1, 0.15) is 0 Å². The molecule has 9 nitrogen and oxygen atoms in total. The van der Waals surface area contributed by atoms with Crippen LogP contribution in [0.1, 0.15) is 6.42 Å². The van der Waals surface area contributed by atoms with Crippen LogP contribution in [0.25, 0.3) is 0 Å². The topological polar surface area (TPSA) is 114 Å². The van der Waals surface area contributed by atoms with E-state index < -0.39 is 28.1 Å². The number of hydrogen-bond acceptors (Lipinski definition) is 6. The SMILES string of the molecule is COC(CNC(=O)C(=O)Nc1ccc(N2CCCS2(=O)=O)cc1)OC. The zero-order valence-electron chi connectivity index (χ0n) is 14.0. The van der Waals surface area contributed by atoms with Gasteiger partial charge in [-0.1, -0.05) is 0 Å². The van der Waals surface area contributed by atoms with Crippen molar-refractivity contribution >= 4 is 33.2 Å². The molecule has 0 aromatic heterocycles. The summed E-state index contributed by atoms with van der Waals surface area (Å²) in [6.45, 7) is 0.474. The number of carbonyl (C=O) groups is 2. The smallest absolute Gasteiger partial charge is 0.313 e. The summed E-state index contributed by atoms with van der Waals surface area (Å²) in [5, 5.41) is 4.82. The van der Waals surface area contributed by atoms with Crippen LogP contribution in [0, 0.1) is 0 Å². The van der Waals surface area contributed by atoms with Gasteiger partial charge in [0, 0.05) is 26.5 Å². The standard InChI is InChI=1S/C15H21N3O6S/c1-23-13(24-2)10-16-14(19)15(20)17-11-4-6-12(7-5-11)18-8-3-9-25(18,21)22/h4-7,13H,3,8-10H2,1-2H3,(H,16,19)(H,17,20). The van der Waals surface area contributed by atoms with E-state index in [-0.39, 0.29) is 12.3 Å². The maximum absolute atomic E-state index is 11.9. The van der Waals surface area contributed by atoms with Crippen molar-refractivity contribution in [1.29, 1.82) is 0 Å². The van der Waals surface area contributed by atoms with Crippen molar-refractivity contribution in [3.8, 4) is 0 Å². The molecular weight excluding hydrogens is 350 g/mol. The molecule has 138 valence electrons. The zero-order valence-corrected chi connectivity index (χ0v) is 14.8. The first-order valence-electron chi connectivity index (χ1n) is 7.62. The van der Waals surface area contributed by atoms with Crippen LogP contribution in [0.15, 0.2) is 24.3 Å². The zero-order chi connectivity index (χ0) is 18.4. The first kappa shape index (κ1) is 19.2. The highest BCUT2D eigenvalue weighted by Gasteiger charge is 2.28. The van der Waals surface area contributed by atoms with Crippen molar-refractivity contribution in [3.05, 3.63) is 24.3 Å². The fourth-order valence-corrected chi connectivity index (χ4v) is 3.91. The van der Waals surface area contributed by atoms with Gasteiger partial charge in [-0.25, -0.2) is 8.42 Å². The minimum Gasteiger partial charge on any atom is -0.354 e. The number of benzene rings is 1. The first-order chi connectivity index (χ1) is 11.9. The Morgan fingerprint density at radius 2 is 1.80 bits per heavy atom. The van der Waals surface area contributed by atoms with Gasteiger partial charge in [0.2, 0.25) is 10.0 Å². The van der Waals surface area contributed by atoms with Crippen LogP contribution in [0.5, 0.6) is 0 Å². The molecule has 0 spiro atoms. The molecule has 2 N–H and O–H groups in total. The quantitative estimate of drug-likeness (QED) is 0.533. The van der Waals surface area contributed by atoms with Gasteiger partial charge in [-0.05, 0) is 30.7 Å². The van der Waals surface area contributed by atoms with E-state index in [1.807, 2.05) is 0 Å². The lowest BCUT2D eigenvalue weighted by Gasteiger charge is -2.17. The predicted molar refractivity (Wildman–Crippen MR) is 91.6 cm³/mol. The second-order valence-electron chi connectivity index (χ2n) is 5.35. The third-order valence-corrected chi connectivity index (χ3v) is 5.54. The molecule has 1 saturated heterocycles. The van der Waals surface area contributed by atoms with Crippen LogP contribution >= 0.6 is 0 Å². The number of rotatable bonds is 6. The summed E-state index contributed by atoms with van der Waals surface area (Å²) in [7, 11) is -0.414. The second-order valence-corrected chi connectivity index (χ2v) is 7.37. The Kier molecular flexibility index (Phi) is 6.34. The minimum atomic E-state index is -3.25. The molecular formula is C15H21N3O6S. The fourth-order valence-electron chi connectivity index (χ4n) is 2.35. The third kappa shape index (κ3) is 4.91. The molecule has 1 aromatic rings. The molecule has 2 amide bonds. The lowest BCUT2D eigenvalue weighted by Crippen LogP contribution is -2.40. The Morgan fingerprint density at radius 1 is 1.16 bits per heavy atom. The number of hydrogen-bond donors (Lipinski definition) is 2. The summed E-state index contributed by atoms with van der Waals surface area (Å²) in [4.78, 5) is 23.6. The number of nitrogens with zero attached hydrogens (tertiary/aromatic N) is 1. The third-order valence-electron chi connectivity index (χ3n) is 3.67. The summed E-state index contributed by atoms with van der Waals surface area (Å²) in [5.74, 6) is -1.53. The Hall–Kier alpha value is -2.17. The van der Waals surface area contributed by atoms with E-state index in [1.54, 1.807) is 24.3 Å². The van der Waals surface area contributed by atoms with E-state index >= 15 is 0 Å². The van der Waals surface area contributed by atoms with Gasteiger partial charge in [-0.3, -0.25) is 13.9 Å². The molecule has 0 radical (unpaired) electrons. The molecule has 25 heavy (non-hydrogen) atoms. The summed E-state index contributed by atoms with van der Waals surface area (Å²) in [5.41, 5.74) is 0.915. The molecule has 1 aliphatic heterocycles. The summed E-state index contributed by atoms with van der Waals surface area (Å²) in [6.07, 6.45) is -0.0521. The van der Waals surface area contributed by atoms with E-state index in [1.165, 1.54) is 18.5 Å². The number of carbonyl (C=O) groups excluding carboxylic acids is 2. The fraction of sp³-hybridized carbons (Fsp3) is 0.467. The maximum atomic E-state index is 11.9. The lowest BCUT2D eigenvalue weighted by molar-refractivity contribution is -0.139. The van der Waals surface area contributed by atoms with E-state index in [0.29, 0.717) is 24.3 Å². The average Bonchev–Trinajstić information content (AvgIpc) is 2.95. The van der Waals surface area contributed by atoms with Crippen LogP contribution < -0.4 is 14.9 Å². The van der Waals surface area contributed by atoms with E-state index in [0.717, 1.165) is 0 Å². The van der Waals surface area contributed by atoms with Crippen LogP contribution in [0.3, 0.4) is 0 Å². The molecule has 1 aromatic carbocycles. The summed E-state index contributed by atoms with van der Waals surface area (Å²) in [6, 6.07) is 6.26. The monoisotopic (exact) mass is 371 g/mol. The summed E-state index contributed by atoms with van der Waals surface area (Å²) < 4.78 is 34.9. The van der Waals surface area contributed by atoms with Gasteiger partial charge in [0.05, 0.1) is 18.0 Å². The van der Waals surface area contributed by atoms with Crippen LogP contribution in [0.2, 0.25) is 0 Å². The van der Waals surface area contributed by atoms with E-state index in [9.17, 15) is 18.0 Å². The summed E-state index contributed by atoms with van der Waals surface area (Å²) >= 11 is 0. The number of ether oxygens (including phenoxy) is 2. The molecule has 1 fully saturated rings. The number of methoxy groups -OCH3 is 2. The molecule has 0 saturated carbocycles. The molecule has 0 atom stereocenters. The van der Waals surface area contributed by atoms with E-state index in [4.69, 9.17) is 9.47 Å². The average molecular weight is 371 g/mol. The molecule has 2 rings (SSSR count). The molecule has 1 aliphatic rings. The van der Waals surface area contributed by atoms with Crippen molar-refractivity contribution in [1.82, 2.24) is 5.32 Å². The van der Waals surface area contributed by atoms with Crippen molar-refractivity contribution in [2.45, 2.75) is 12.7 Å². The van der Waals surface area contributed by atoms with Crippen molar-refractivity contribution in [2.24, 2.45) is 0 Å².